The zero-order valence-electron chi connectivity index (χ0n) is 22.8. The molecule has 37 heavy (non-hydrogen) atoms. The Morgan fingerprint density at radius 3 is 2.46 bits per heavy atom. The molecule has 0 aromatic heterocycles. The van der Waals surface area contributed by atoms with Crippen LogP contribution >= 0.6 is 0 Å². The number of rotatable bonds is 2. The minimum absolute atomic E-state index is 0.0335. The van der Waals surface area contributed by atoms with Crippen molar-refractivity contribution < 1.29 is 19.1 Å². The Labute approximate surface area is 221 Å². The number of carbonyl (C=O) groups excluding carboxylic acids is 3. The first-order valence-corrected chi connectivity index (χ1v) is 13.5. The average molecular weight is 511 g/mol. The van der Waals surface area contributed by atoms with E-state index in [-0.39, 0.29) is 36.1 Å². The van der Waals surface area contributed by atoms with Gasteiger partial charge in [0, 0.05) is 63.2 Å². The summed E-state index contributed by atoms with van der Waals surface area (Å²) >= 11 is 0. The monoisotopic (exact) mass is 510 g/mol. The highest BCUT2D eigenvalue weighted by Gasteiger charge is 2.35. The summed E-state index contributed by atoms with van der Waals surface area (Å²) in [6.45, 7) is 10.9. The molecule has 3 aliphatic rings. The number of carbonyl (C=O) groups is 3. The van der Waals surface area contributed by atoms with Crippen molar-refractivity contribution in [1.82, 2.24) is 19.6 Å². The lowest BCUT2D eigenvalue weighted by Gasteiger charge is -2.40. The van der Waals surface area contributed by atoms with E-state index in [4.69, 9.17) is 4.74 Å². The number of amides is 3. The summed E-state index contributed by atoms with van der Waals surface area (Å²) in [4.78, 5) is 47.7. The standard InChI is InChI=1S/C29H42N4O4/c1-29(2,3)28(36)33-20-24-8-5-6-10-25(24)37-17-7-9-23-19-32(27(35)21-33)12-11-22(23)18-26(34)31-15-13-30(4)14-16-31/h5-10,22-23H,11-21H2,1-4H3/b9-7-/t22-,23-/m0/s1. The van der Waals surface area contributed by atoms with E-state index in [9.17, 15) is 14.4 Å². The van der Waals surface area contributed by atoms with Gasteiger partial charge in [0.1, 0.15) is 18.9 Å². The van der Waals surface area contributed by atoms with Gasteiger partial charge in [0.15, 0.2) is 0 Å². The van der Waals surface area contributed by atoms with Crippen LogP contribution in [-0.4, -0.2) is 96.8 Å². The number of para-hydroxylation sites is 1. The Hall–Kier alpha value is -2.87. The maximum atomic E-state index is 13.5. The summed E-state index contributed by atoms with van der Waals surface area (Å²) in [6.07, 6.45) is 5.41. The lowest BCUT2D eigenvalue weighted by molar-refractivity contribution is -0.147. The highest BCUT2D eigenvalue weighted by atomic mass is 16.5. The van der Waals surface area contributed by atoms with Crippen molar-refractivity contribution in [3.05, 3.63) is 42.0 Å². The van der Waals surface area contributed by atoms with Crippen molar-refractivity contribution in [3.63, 3.8) is 0 Å². The number of piperazine rings is 1. The van der Waals surface area contributed by atoms with Crippen molar-refractivity contribution in [1.29, 1.82) is 0 Å². The van der Waals surface area contributed by atoms with Crippen LogP contribution in [0.4, 0.5) is 0 Å². The summed E-state index contributed by atoms with van der Waals surface area (Å²) in [6, 6.07) is 7.70. The first-order valence-electron chi connectivity index (χ1n) is 13.5. The van der Waals surface area contributed by atoms with Crippen LogP contribution in [0.5, 0.6) is 5.75 Å². The van der Waals surface area contributed by atoms with Crippen LogP contribution < -0.4 is 4.74 Å². The first kappa shape index (κ1) is 27.2. The van der Waals surface area contributed by atoms with Gasteiger partial charge in [-0.25, -0.2) is 0 Å². The van der Waals surface area contributed by atoms with Gasteiger partial charge < -0.3 is 24.3 Å². The van der Waals surface area contributed by atoms with Crippen molar-refractivity contribution in [2.24, 2.45) is 17.3 Å². The summed E-state index contributed by atoms with van der Waals surface area (Å²) in [5.41, 5.74) is 0.277. The van der Waals surface area contributed by atoms with E-state index < -0.39 is 5.41 Å². The van der Waals surface area contributed by atoms with Crippen LogP contribution in [0.1, 0.15) is 39.2 Å². The number of hydrogen-bond acceptors (Lipinski definition) is 5. The molecule has 0 spiro atoms. The molecular formula is C29H42N4O4. The molecule has 202 valence electrons. The van der Waals surface area contributed by atoms with Gasteiger partial charge in [0.05, 0.1) is 0 Å². The maximum Gasteiger partial charge on any atom is 0.242 e. The maximum absolute atomic E-state index is 13.5. The van der Waals surface area contributed by atoms with E-state index in [2.05, 4.69) is 18.0 Å². The quantitative estimate of drug-likeness (QED) is 0.572. The van der Waals surface area contributed by atoms with Crippen molar-refractivity contribution in [3.8, 4) is 5.75 Å². The second kappa shape index (κ2) is 11.7. The van der Waals surface area contributed by atoms with Gasteiger partial charge in [0.25, 0.3) is 0 Å². The van der Waals surface area contributed by atoms with Crippen molar-refractivity contribution in [2.75, 3.05) is 59.5 Å². The molecule has 0 aliphatic carbocycles. The molecule has 8 nitrogen and oxygen atoms in total. The van der Waals surface area contributed by atoms with Gasteiger partial charge in [-0.05, 0) is 31.4 Å². The van der Waals surface area contributed by atoms with Crippen LogP contribution in [0.2, 0.25) is 0 Å². The molecule has 4 rings (SSSR count). The predicted octanol–water partition coefficient (Wildman–Crippen LogP) is 2.64. The molecule has 8 heteroatoms. The van der Waals surface area contributed by atoms with Crippen LogP contribution in [0.15, 0.2) is 36.4 Å². The van der Waals surface area contributed by atoms with Gasteiger partial charge in [0.2, 0.25) is 17.7 Å². The molecule has 2 saturated heterocycles. The lowest BCUT2D eigenvalue weighted by Crippen LogP contribution is -2.51. The van der Waals surface area contributed by atoms with Gasteiger partial charge in [-0.1, -0.05) is 51.1 Å². The molecule has 2 fully saturated rings. The molecule has 0 unspecified atom stereocenters. The molecule has 0 radical (unpaired) electrons. The van der Waals surface area contributed by atoms with Crippen LogP contribution in [0, 0.1) is 17.3 Å². The highest BCUT2D eigenvalue weighted by molar-refractivity contribution is 5.87. The molecule has 1 aromatic carbocycles. The average Bonchev–Trinajstić information content (AvgIpc) is 2.87. The van der Waals surface area contributed by atoms with Crippen molar-refractivity contribution in [2.45, 2.75) is 40.2 Å². The zero-order valence-corrected chi connectivity index (χ0v) is 22.8. The van der Waals surface area contributed by atoms with Crippen LogP contribution in [0.3, 0.4) is 0 Å². The Morgan fingerprint density at radius 1 is 1.00 bits per heavy atom. The van der Waals surface area contributed by atoms with E-state index in [1.54, 1.807) is 4.90 Å². The van der Waals surface area contributed by atoms with Gasteiger partial charge >= 0.3 is 0 Å². The Bertz CT molecular complexity index is 1010. The predicted molar refractivity (Wildman–Crippen MR) is 143 cm³/mol. The second-order valence-electron chi connectivity index (χ2n) is 11.7. The smallest absolute Gasteiger partial charge is 0.242 e. The van der Waals surface area contributed by atoms with Crippen LogP contribution in [-0.2, 0) is 20.9 Å². The first-order chi connectivity index (χ1) is 17.6. The topological polar surface area (TPSA) is 73.4 Å². The molecule has 3 heterocycles. The molecule has 2 bridgehead atoms. The van der Waals surface area contributed by atoms with E-state index in [0.717, 1.165) is 43.9 Å². The van der Waals surface area contributed by atoms with E-state index >= 15 is 0 Å². The fraction of sp³-hybridized carbons (Fsp3) is 0.621. The minimum atomic E-state index is -0.606. The third kappa shape index (κ3) is 6.92. The summed E-state index contributed by atoms with van der Waals surface area (Å²) in [5.74, 6) is 1.07. The number of nitrogens with zero attached hydrogens (tertiary/aromatic N) is 4. The molecule has 3 amide bonds. The summed E-state index contributed by atoms with van der Waals surface area (Å²) < 4.78 is 6.10. The minimum Gasteiger partial charge on any atom is -0.489 e. The van der Waals surface area contributed by atoms with E-state index in [0.29, 0.717) is 32.7 Å². The Morgan fingerprint density at radius 2 is 1.73 bits per heavy atom. The number of fused-ring (bicyclic) bond motifs is 3. The van der Waals surface area contributed by atoms with E-state index in [1.165, 1.54) is 0 Å². The van der Waals surface area contributed by atoms with Gasteiger partial charge in [-0.3, -0.25) is 14.4 Å². The third-order valence-corrected chi connectivity index (χ3v) is 7.76. The highest BCUT2D eigenvalue weighted by Crippen LogP contribution is 2.30. The Balaban J connectivity index is 1.54. The Kier molecular flexibility index (Phi) is 8.57. The molecular weight excluding hydrogens is 468 g/mol. The van der Waals surface area contributed by atoms with Crippen molar-refractivity contribution >= 4 is 17.7 Å². The zero-order chi connectivity index (χ0) is 26.6. The molecule has 0 N–H and O–H groups in total. The number of hydrogen-bond donors (Lipinski definition) is 0. The molecule has 2 atom stereocenters. The molecule has 1 aromatic rings. The number of likely N-dealkylation sites (N-methyl/N-ethyl adjacent to an activating group) is 1. The second-order valence-corrected chi connectivity index (χ2v) is 11.7. The van der Waals surface area contributed by atoms with Crippen LogP contribution in [0.25, 0.3) is 0 Å². The fourth-order valence-electron chi connectivity index (χ4n) is 5.42. The number of ether oxygens (including phenoxy) is 1. The van der Waals surface area contributed by atoms with E-state index in [1.807, 2.05) is 60.9 Å². The third-order valence-electron chi connectivity index (χ3n) is 7.76. The number of piperidine rings is 1. The van der Waals surface area contributed by atoms with Gasteiger partial charge in [-0.15, -0.1) is 0 Å². The molecule has 0 saturated carbocycles. The lowest BCUT2D eigenvalue weighted by atomic mass is 9.82. The molecule has 3 aliphatic heterocycles. The number of benzene rings is 1. The summed E-state index contributed by atoms with van der Waals surface area (Å²) in [5, 5.41) is 0. The fourth-order valence-corrected chi connectivity index (χ4v) is 5.42. The largest absolute Gasteiger partial charge is 0.489 e. The van der Waals surface area contributed by atoms with Gasteiger partial charge in [-0.2, -0.15) is 0 Å². The SMILES string of the molecule is CN1CCN(C(=O)C[C@@H]2CCN3C[C@@H]2/C=C\COc2ccccc2CN(C(=O)C(C)(C)C)CC3=O)CC1. The summed E-state index contributed by atoms with van der Waals surface area (Å²) in [7, 11) is 2.09. The normalized spacial score (nSPS) is 24.8.